The Labute approximate surface area is 132 Å². The summed E-state index contributed by atoms with van der Waals surface area (Å²) < 4.78 is 5.36. The Morgan fingerprint density at radius 2 is 2.09 bits per heavy atom. The lowest BCUT2D eigenvalue weighted by atomic mass is 9.76. The first-order valence-electron chi connectivity index (χ1n) is 7.93. The number of nitrogens with two attached hydrogens (primary N) is 1. The fourth-order valence-corrected chi connectivity index (χ4v) is 3.24. The van der Waals surface area contributed by atoms with Gasteiger partial charge in [-0.05, 0) is 63.5 Å². The summed E-state index contributed by atoms with van der Waals surface area (Å²) >= 11 is 0. The van der Waals surface area contributed by atoms with Crippen molar-refractivity contribution >= 4 is 11.8 Å². The summed E-state index contributed by atoms with van der Waals surface area (Å²) in [5, 5.41) is 3.01. The maximum Gasteiger partial charge on any atom is 0.407 e. The molecule has 1 aromatic rings. The van der Waals surface area contributed by atoms with E-state index in [1.807, 2.05) is 26.8 Å². The molecule has 1 aromatic heterocycles. The molecule has 1 saturated carbocycles. The first-order valence-corrected chi connectivity index (χ1v) is 7.93. The molecule has 3 N–H and O–H groups in total. The first-order chi connectivity index (χ1) is 10.2. The van der Waals surface area contributed by atoms with Gasteiger partial charge in [-0.25, -0.2) is 4.79 Å². The molecule has 1 heterocycles. The third-order valence-electron chi connectivity index (χ3n) is 3.99. The van der Waals surface area contributed by atoms with Crippen molar-refractivity contribution in [3.05, 3.63) is 24.0 Å². The molecule has 1 fully saturated rings. The van der Waals surface area contributed by atoms with Crippen LogP contribution in [0.5, 0.6) is 0 Å². The van der Waals surface area contributed by atoms with Crippen molar-refractivity contribution in [2.24, 2.45) is 5.92 Å². The number of ether oxygens (including phenoxy) is 1. The average Bonchev–Trinajstić information content (AvgIpc) is 2.35. The Morgan fingerprint density at radius 1 is 1.36 bits per heavy atom. The van der Waals surface area contributed by atoms with E-state index in [4.69, 9.17) is 10.5 Å². The number of aromatic nitrogens is 1. The molecule has 1 aliphatic carbocycles. The normalized spacial score (nSPS) is 25.5. The van der Waals surface area contributed by atoms with E-state index in [0.29, 0.717) is 11.8 Å². The molecule has 5 nitrogen and oxygen atoms in total. The lowest BCUT2D eigenvalue weighted by Gasteiger charge is -2.34. The van der Waals surface area contributed by atoms with E-state index in [1.165, 1.54) is 0 Å². The number of nitrogen functional groups attached to an aromatic ring is 1. The van der Waals surface area contributed by atoms with Crippen LogP contribution in [-0.2, 0) is 4.74 Å². The van der Waals surface area contributed by atoms with Crippen LogP contribution in [0.4, 0.5) is 10.5 Å². The topological polar surface area (TPSA) is 77.2 Å². The van der Waals surface area contributed by atoms with Crippen molar-refractivity contribution in [2.75, 3.05) is 5.73 Å². The van der Waals surface area contributed by atoms with Gasteiger partial charge in [0.2, 0.25) is 0 Å². The smallest absolute Gasteiger partial charge is 0.407 e. The molecule has 3 atom stereocenters. The van der Waals surface area contributed by atoms with Gasteiger partial charge in [0.05, 0.1) is 11.9 Å². The molecule has 22 heavy (non-hydrogen) atoms. The van der Waals surface area contributed by atoms with Crippen molar-refractivity contribution in [2.45, 2.75) is 64.5 Å². The second-order valence-electron chi connectivity index (χ2n) is 7.36. The minimum atomic E-state index is -0.473. The lowest BCUT2D eigenvalue weighted by molar-refractivity contribution is 0.0482. The number of anilines is 1. The van der Waals surface area contributed by atoms with Crippen molar-refractivity contribution in [1.82, 2.24) is 10.3 Å². The van der Waals surface area contributed by atoms with Crippen molar-refractivity contribution < 1.29 is 9.53 Å². The van der Waals surface area contributed by atoms with Crippen LogP contribution >= 0.6 is 0 Å². The Hall–Kier alpha value is -1.78. The number of alkyl carbamates (subject to hydrolysis) is 1. The number of hydrogen-bond acceptors (Lipinski definition) is 4. The Kier molecular flexibility index (Phi) is 4.94. The van der Waals surface area contributed by atoms with E-state index >= 15 is 0 Å². The van der Waals surface area contributed by atoms with E-state index in [9.17, 15) is 4.79 Å². The standard InChI is InChI=1S/C17H27N3O2/c1-11-7-12(14-5-6-19-10-15(14)18)9-13(8-11)20-16(21)22-17(2,3)4/h5-6,10-13H,7-9,18H2,1-4H3,(H,20,21)/t11-,12-,13+/m0/s1. The summed E-state index contributed by atoms with van der Waals surface area (Å²) in [6.45, 7) is 7.83. The number of nitrogens with one attached hydrogen (secondary N) is 1. The van der Waals surface area contributed by atoms with E-state index < -0.39 is 5.60 Å². The number of carbonyl (C=O) groups is 1. The van der Waals surface area contributed by atoms with Gasteiger partial charge in [-0.3, -0.25) is 4.98 Å². The summed E-state index contributed by atoms with van der Waals surface area (Å²) in [6, 6.07) is 2.11. The zero-order chi connectivity index (χ0) is 16.3. The number of amides is 1. The average molecular weight is 305 g/mol. The van der Waals surface area contributed by atoms with E-state index in [2.05, 4.69) is 17.2 Å². The van der Waals surface area contributed by atoms with E-state index in [-0.39, 0.29) is 12.1 Å². The predicted octanol–water partition coefficient (Wildman–Crippen LogP) is 3.46. The molecule has 5 heteroatoms. The number of carbonyl (C=O) groups excluding carboxylic acids is 1. The Bertz CT molecular complexity index is 525. The molecule has 0 aliphatic heterocycles. The first kappa shape index (κ1) is 16.6. The molecule has 0 bridgehead atoms. The van der Waals surface area contributed by atoms with Gasteiger partial charge in [0.1, 0.15) is 5.60 Å². The molecule has 2 rings (SSSR count). The fourth-order valence-electron chi connectivity index (χ4n) is 3.24. The molecule has 0 unspecified atom stereocenters. The number of hydrogen-bond donors (Lipinski definition) is 2. The van der Waals surface area contributed by atoms with Crippen LogP contribution < -0.4 is 11.1 Å². The van der Waals surface area contributed by atoms with Crippen LogP contribution in [0.15, 0.2) is 18.5 Å². The minimum Gasteiger partial charge on any atom is -0.444 e. The zero-order valence-electron chi connectivity index (χ0n) is 13.9. The zero-order valence-corrected chi connectivity index (χ0v) is 13.9. The molecular formula is C17H27N3O2. The van der Waals surface area contributed by atoms with E-state index in [1.54, 1.807) is 12.4 Å². The van der Waals surface area contributed by atoms with Crippen molar-refractivity contribution in [1.29, 1.82) is 0 Å². The molecule has 1 amide bonds. The van der Waals surface area contributed by atoms with Gasteiger partial charge in [0.25, 0.3) is 0 Å². The third-order valence-corrected chi connectivity index (χ3v) is 3.99. The van der Waals surface area contributed by atoms with Gasteiger partial charge < -0.3 is 15.8 Å². The largest absolute Gasteiger partial charge is 0.444 e. The molecule has 0 spiro atoms. The van der Waals surface area contributed by atoms with Crippen LogP contribution in [0, 0.1) is 5.92 Å². The highest BCUT2D eigenvalue weighted by atomic mass is 16.6. The number of rotatable bonds is 2. The van der Waals surface area contributed by atoms with Crippen LogP contribution in [0.1, 0.15) is 58.4 Å². The Morgan fingerprint density at radius 3 is 2.73 bits per heavy atom. The van der Waals surface area contributed by atoms with Gasteiger partial charge in [-0.1, -0.05) is 6.92 Å². The van der Waals surface area contributed by atoms with Gasteiger partial charge in [-0.2, -0.15) is 0 Å². The van der Waals surface area contributed by atoms with Crippen LogP contribution in [0.3, 0.4) is 0 Å². The van der Waals surface area contributed by atoms with Gasteiger partial charge in [0.15, 0.2) is 0 Å². The maximum absolute atomic E-state index is 12.0. The van der Waals surface area contributed by atoms with Crippen molar-refractivity contribution in [3.8, 4) is 0 Å². The second-order valence-corrected chi connectivity index (χ2v) is 7.36. The highest BCUT2D eigenvalue weighted by Crippen LogP contribution is 2.38. The summed E-state index contributed by atoms with van der Waals surface area (Å²) in [4.78, 5) is 16.0. The molecule has 122 valence electrons. The molecule has 0 aromatic carbocycles. The van der Waals surface area contributed by atoms with Crippen LogP contribution in [-0.4, -0.2) is 22.7 Å². The van der Waals surface area contributed by atoms with Crippen LogP contribution in [0.25, 0.3) is 0 Å². The molecule has 0 radical (unpaired) electrons. The quantitative estimate of drug-likeness (QED) is 0.877. The summed E-state index contributed by atoms with van der Waals surface area (Å²) in [5.41, 5.74) is 7.45. The number of nitrogens with zero attached hydrogens (tertiary/aromatic N) is 1. The van der Waals surface area contributed by atoms with Gasteiger partial charge in [0, 0.05) is 12.2 Å². The van der Waals surface area contributed by atoms with E-state index in [0.717, 1.165) is 30.5 Å². The number of pyridine rings is 1. The van der Waals surface area contributed by atoms with Gasteiger partial charge >= 0.3 is 6.09 Å². The minimum absolute atomic E-state index is 0.121. The van der Waals surface area contributed by atoms with Crippen molar-refractivity contribution in [3.63, 3.8) is 0 Å². The summed E-state index contributed by atoms with van der Waals surface area (Å²) in [5.74, 6) is 0.887. The van der Waals surface area contributed by atoms with Crippen LogP contribution in [0.2, 0.25) is 0 Å². The summed E-state index contributed by atoms with van der Waals surface area (Å²) in [6.07, 6.45) is 6.08. The predicted molar refractivity (Wildman–Crippen MR) is 87.6 cm³/mol. The third kappa shape index (κ3) is 4.61. The lowest BCUT2D eigenvalue weighted by Crippen LogP contribution is -2.42. The molecule has 0 saturated heterocycles. The maximum atomic E-state index is 12.0. The molecular weight excluding hydrogens is 278 g/mol. The monoisotopic (exact) mass is 305 g/mol. The van der Waals surface area contributed by atoms with Gasteiger partial charge in [-0.15, -0.1) is 0 Å². The SMILES string of the molecule is C[C@@H]1C[C@@H](NC(=O)OC(C)(C)C)C[C@@H](c2ccncc2N)C1. The Balaban J connectivity index is 2.02. The highest BCUT2D eigenvalue weighted by molar-refractivity contribution is 5.68. The summed E-state index contributed by atoms with van der Waals surface area (Å²) in [7, 11) is 0. The highest BCUT2D eigenvalue weighted by Gasteiger charge is 2.30. The molecule has 1 aliphatic rings. The fraction of sp³-hybridized carbons (Fsp3) is 0.647. The second kappa shape index (κ2) is 6.55.